The van der Waals surface area contributed by atoms with Crippen LogP contribution in [0.3, 0.4) is 0 Å². The molecule has 0 amide bonds. The summed E-state index contributed by atoms with van der Waals surface area (Å²) >= 11 is 5.85. The Hall–Kier alpha value is -1.92. The average molecular weight is 264 g/mol. The van der Waals surface area contributed by atoms with Crippen LogP contribution < -0.4 is 0 Å². The van der Waals surface area contributed by atoms with E-state index in [1.807, 2.05) is 7.05 Å². The van der Waals surface area contributed by atoms with Crippen LogP contribution in [-0.4, -0.2) is 29.3 Å². The molecule has 0 fully saturated rings. The molecular weight excluding hydrogens is 254 g/mol. The SMILES string of the molecule is Cn1cncc1C(O)c1cnc2ccc(Cl)nn12. The van der Waals surface area contributed by atoms with Gasteiger partial charge in [-0.25, -0.2) is 14.5 Å². The molecular formula is C11H10ClN5O. The van der Waals surface area contributed by atoms with Crippen molar-refractivity contribution in [3.8, 4) is 0 Å². The molecule has 1 unspecified atom stereocenters. The quantitative estimate of drug-likeness (QED) is 0.754. The first-order chi connectivity index (χ1) is 8.66. The van der Waals surface area contributed by atoms with Gasteiger partial charge in [0, 0.05) is 7.05 Å². The number of aliphatic hydroxyl groups excluding tert-OH is 1. The Balaban J connectivity index is 2.14. The summed E-state index contributed by atoms with van der Waals surface area (Å²) < 4.78 is 3.27. The number of imidazole rings is 2. The third-order valence-corrected chi connectivity index (χ3v) is 2.97. The summed E-state index contributed by atoms with van der Waals surface area (Å²) in [7, 11) is 1.81. The molecule has 0 saturated heterocycles. The van der Waals surface area contributed by atoms with Crippen LogP contribution in [0.5, 0.6) is 0 Å². The Morgan fingerprint density at radius 1 is 1.28 bits per heavy atom. The van der Waals surface area contributed by atoms with Crippen LogP contribution in [0.4, 0.5) is 0 Å². The van der Waals surface area contributed by atoms with Crippen LogP contribution in [-0.2, 0) is 7.05 Å². The summed E-state index contributed by atoms with van der Waals surface area (Å²) in [4.78, 5) is 8.15. The fourth-order valence-corrected chi connectivity index (χ4v) is 1.98. The van der Waals surface area contributed by atoms with Crippen molar-refractivity contribution in [3.63, 3.8) is 0 Å². The summed E-state index contributed by atoms with van der Waals surface area (Å²) in [5.41, 5.74) is 1.85. The third-order valence-electron chi connectivity index (χ3n) is 2.77. The standard InChI is InChI=1S/C11H10ClN5O/c1-16-6-13-4-7(16)11(18)8-5-14-10-3-2-9(12)15-17(8)10/h2-6,11,18H,1H3. The summed E-state index contributed by atoms with van der Waals surface area (Å²) in [5.74, 6) is 0. The van der Waals surface area contributed by atoms with Gasteiger partial charge >= 0.3 is 0 Å². The molecule has 1 N–H and O–H groups in total. The summed E-state index contributed by atoms with van der Waals surface area (Å²) in [6.07, 6.45) is 3.96. The molecule has 3 aromatic rings. The van der Waals surface area contributed by atoms with Gasteiger partial charge in [-0.15, -0.1) is 0 Å². The van der Waals surface area contributed by atoms with Crippen LogP contribution in [0.2, 0.25) is 5.15 Å². The summed E-state index contributed by atoms with van der Waals surface area (Å²) in [5, 5.41) is 14.8. The second-order valence-electron chi connectivity index (χ2n) is 3.94. The van der Waals surface area contributed by atoms with Crippen molar-refractivity contribution in [1.82, 2.24) is 24.1 Å². The van der Waals surface area contributed by atoms with E-state index < -0.39 is 6.10 Å². The molecule has 0 aliphatic carbocycles. The van der Waals surface area contributed by atoms with Gasteiger partial charge in [0.2, 0.25) is 0 Å². The van der Waals surface area contributed by atoms with Gasteiger partial charge in [-0.05, 0) is 12.1 Å². The summed E-state index contributed by atoms with van der Waals surface area (Å²) in [6.45, 7) is 0. The van der Waals surface area contributed by atoms with Gasteiger partial charge in [0.05, 0.1) is 30.1 Å². The lowest BCUT2D eigenvalue weighted by atomic mass is 10.2. The minimum Gasteiger partial charge on any atom is -0.380 e. The number of aromatic nitrogens is 5. The monoisotopic (exact) mass is 263 g/mol. The number of hydrogen-bond donors (Lipinski definition) is 1. The molecule has 92 valence electrons. The molecule has 0 bridgehead atoms. The zero-order valence-electron chi connectivity index (χ0n) is 9.53. The minimum absolute atomic E-state index is 0.346. The number of hydrogen-bond acceptors (Lipinski definition) is 4. The molecule has 0 saturated carbocycles. The van der Waals surface area contributed by atoms with Crippen molar-refractivity contribution in [2.45, 2.75) is 6.10 Å². The highest BCUT2D eigenvalue weighted by molar-refractivity contribution is 6.29. The van der Waals surface area contributed by atoms with Crippen molar-refractivity contribution in [2.24, 2.45) is 7.05 Å². The topological polar surface area (TPSA) is 68.2 Å². The van der Waals surface area contributed by atoms with Crippen molar-refractivity contribution in [1.29, 1.82) is 0 Å². The van der Waals surface area contributed by atoms with Crippen molar-refractivity contribution in [3.05, 3.63) is 47.4 Å². The van der Waals surface area contributed by atoms with Gasteiger partial charge in [0.15, 0.2) is 5.65 Å². The molecule has 7 heteroatoms. The Morgan fingerprint density at radius 2 is 2.11 bits per heavy atom. The first-order valence-corrected chi connectivity index (χ1v) is 5.69. The van der Waals surface area contributed by atoms with Crippen molar-refractivity contribution >= 4 is 17.2 Å². The maximum absolute atomic E-state index is 10.3. The van der Waals surface area contributed by atoms with Crippen LogP contribution >= 0.6 is 11.6 Å². The lowest BCUT2D eigenvalue weighted by molar-refractivity contribution is 0.204. The predicted molar refractivity (Wildman–Crippen MR) is 65.3 cm³/mol. The van der Waals surface area contributed by atoms with Crippen LogP contribution in [0.25, 0.3) is 5.65 Å². The van der Waals surface area contributed by atoms with E-state index in [0.29, 0.717) is 22.2 Å². The second-order valence-corrected chi connectivity index (χ2v) is 4.33. The zero-order chi connectivity index (χ0) is 12.7. The van der Waals surface area contributed by atoms with E-state index in [2.05, 4.69) is 15.1 Å². The maximum atomic E-state index is 10.3. The largest absolute Gasteiger partial charge is 0.380 e. The number of halogens is 1. The summed E-state index contributed by atoms with van der Waals surface area (Å²) in [6, 6.07) is 3.40. The van der Waals surface area contributed by atoms with Gasteiger partial charge in [0.1, 0.15) is 11.3 Å². The second kappa shape index (κ2) is 4.08. The number of nitrogens with zero attached hydrogens (tertiary/aromatic N) is 5. The highest BCUT2D eigenvalue weighted by Gasteiger charge is 2.19. The number of rotatable bonds is 2. The fourth-order valence-electron chi connectivity index (χ4n) is 1.84. The van der Waals surface area contributed by atoms with Crippen LogP contribution in [0.1, 0.15) is 17.5 Å². The van der Waals surface area contributed by atoms with E-state index in [0.717, 1.165) is 0 Å². The molecule has 0 aromatic carbocycles. The molecule has 3 aromatic heterocycles. The molecule has 6 nitrogen and oxygen atoms in total. The first-order valence-electron chi connectivity index (χ1n) is 5.31. The van der Waals surface area contributed by atoms with Gasteiger partial charge in [-0.2, -0.15) is 5.10 Å². The molecule has 1 atom stereocenters. The van der Waals surface area contributed by atoms with E-state index >= 15 is 0 Å². The smallest absolute Gasteiger partial charge is 0.154 e. The van der Waals surface area contributed by atoms with E-state index in [-0.39, 0.29) is 0 Å². The molecule has 0 spiro atoms. The molecule has 3 heterocycles. The highest BCUT2D eigenvalue weighted by atomic mass is 35.5. The molecule has 18 heavy (non-hydrogen) atoms. The molecule has 0 radical (unpaired) electrons. The first kappa shape index (κ1) is 11.2. The highest BCUT2D eigenvalue weighted by Crippen LogP contribution is 2.22. The lowest BCUT2D eigenvalue weighted by Crippen LogP contribution is -2.09. The average Bonchev–Trinajstić information content (AvgIpc) is 2.94. The normalized spacial score (nSPS) is 13.1. The Kier molecular flexibility index (Phi) is 2.53. The van der Waals surface area contributed by atoms with E-state index in [1.54, 1.807) is 35.4 Å². The lowest BCUT2D eigenvalue weighted by Gasteiger charge is -2.10. The Bertz CT molecular complexity index is 704. The Labute approximate surface area is 107 Å². The molecule has 0 aliphatic rings. The fraction of sp³-hybridized carbons (Fsp3) is 0.182. The van der Waals surface area contributed by atoms with E-state index in [4.69, 9.17) is 11.6 Å². The van der Waals surface area contributed by atoms with Crippen molar-refractivity contribution < 1.29 is 5.11 Å². The van der Waals surface area contributed by atoms with Gasteiger partial charge in [0.25, 0.3) is 0 Å². The van der Waals surface area contributed by atoms with Crippen molar-refractivity contribution in [2.75, 3.05) is 0 Å². The van der Waals surface area contributed by atoms with E-state index in [1.165, 1.54) is 4.52 Å². The van der Waals surface area contributed by atoms with Gasteiger partial charge in [-0.1, -0.05) is 11.6 Å². The maximum Gasteiger partial charge on any atom is 0.154 e. The number of fused-ring (bicyclic) bond motifs is 1. The van der Waals surface area contributed by atoms with Crippen LogP contribution in [0.15, 0.2) is 30.9 Å². The predicted octanol–water partition coefficient (Wildman–Crippen LogP) is 1.20. The molecule has 3 rings (SSSR count). The molecule has 0 aliphatic heterocycles. The third kappa shape index (κ3) is 1.66. The Morgan fingerprint density at radius 3 is 2.83 bits per heavy atom. The number of aliphatic hydroxyl groups is 1. The van der Waals surface area contributed by atoms with Gasteiger partial charge < -0.3 is 9.67 Å². The van der Waals surface area contributed by atoms with E-state index in [9.17, 15) is 5.11 Å². The number of aryl methyl sites for hydroxylation is 1. The van der Waals surface area contributed by atoms with Crippen LogP contribution in [0, 0.1) is 0 Å². The zero-order valence-corrected chi connectivity index (χ0v) is 10.3. The van der Waals surface area contributed by atoms with Gasteiger partial charge in [-0.3, -0.25) is 0 Å². The minimum atomic E-state index is -0.849.